The topological polar surface area (TPSA) is 20.2 Å². The zero-order valence-electron chi connectivity index (χ0n) is 11.5. The van der Waals surface area contributed by atoms with Gasteiger partial charge in [-0.3, -0.25) is 0 Å². The van der Waals surface area contributed by atoms with E-state index in [4.69, 9.17) is 0 Å². The quantitative estimate of drug-likeness (QED) is 0.531. The van der Waals surface area contributed by atoms with Crippen LogP contribution in [0.3, 0.4) is 0 Å². The van der Waals surface area contributed by atoms with Crippen molar-refractivity contribution in [1.82, 2.24) is 0 Å². The monoisotopic (exact) mass is 224 g/mol. The van der Waals surface area contributed by atoms with Crippen molar-refractivity contribution in [2.45, 2.75) is 78.7 Å². The van der Waals surface area contributed by atoms with Crippen molar-refractivity contribution in [2.24, 2.45) is 5.41 Å². The van der Waals surface area contributed by atoms with Crippen LogP contribution in [0.25, 0.3) is 0 Å². The van der Waals surface area contributed by atoms with Gasteiger partial charge in [0.05, 0.1) is 0 Å². The Morgan fingerprint density at radius 2 is 1.56 bits per heavy atom. The second-order valence-electron chi connectivity index (χ2n) is 5.61. The SMILES string of the molecule is CCCCCCCCC#CC(O)C(C)(C)C. The van der Waals surface area contributed by atoms with Gasteiger partial charge in [-0.2, -0.15) is 0 Å². The first kappa shape index (κ1) is 15.5. The molecule has 0 saturated heterocycles. The van der Waals surface area contributed by atoms with Crippen LogP contribution in [0.2, 0.25) is 0 Å². The van der Waals surface area contributed by atoms with E-state index >= 15 is 0 Å². The van der Waals surface area contributed by atoms with Crippen LogP contribution in [0.4, 0.5) is 0 Å². The van der Waals surface area contributed by atoms with Crippen molar-refractivity contribution >= 4 is 0 Å². The van der Waals surface area contributed by atoms with Crippen LogP contribution in [-0.2, 0) is 0 Å². The molecule has 1 atom stereocenters. The maximum atomic E-state index is 9.68. The van der Waals surface area contributed by atoms with E-state index in [9.17, 15) is 5.11 Å². The lowest BCUT2D eigenvalue weighted by molar-refractivity contribution is 0.114. The van der Waals surface area contributed by atoms with Crippen LogP contribution >= 0.6 is 0 Å². The van der Waals surface area contributed by atoms with Crippen LogP contribution in [0.1, 0.15) is 72.6 Å². The van der Waals surface area contributed by atoms with Crippen LogP contribution in [0.15, 0.2) is 0 Å². The van der Waals surface area contributed by atoms with E-state index in [-0.39, 0.29) is 5.41 Å². The zero-order chi connectivity index (χ0) is 12.4. The Labute approximate surface area is 102 Å². The smallest absolute Gasteiger partial charge is 0.119 e. The molecule has 0 aromatic heterocycles. The summed E-state index contributed by atoms with van der Waals surface area (Å²) in [5.41, 5.74) is -0.117. The summed E-state index contributed by atoms with van der Waals surface area (Å²) >= 11 is 0. The number of hydrogen-bond donors (Lipinski definition) is 1. The summed E-state index contributed by atoms with van der Waals surface area (Å²) in [5, 5.41) is 9.68. The Morgan fingerprint density at radius 1 is 1.00 bits per heavy atom. The lowest BCUT2D eigenvalue weighted by atomic mass is 9.89. The summed E-state index contributed by atoms with van der Waals surface area (Å²) < 4.78 is 0. The van der Waals surface area contributed by atoms with Gasteiger partial charge in [0.2, 0.25) is 0 Å². The van der Waals surface area contributed by atoms with Crippen LogP contribution in [0, 0.1) is 17.3 Å². The Bertz CT molecular complexity index is 214. The molecule has 0 radical (unpaired) electrons. The van der Waals surface area contributed by atoms with Crippen molar-refractivity contribution in [2.75, 3.05) is 0 Å². The van der Waals surface area contributed by atoms with Gasteiger partial charge in [0.25, 0.3) is 0 Å². The maximum Gasteiger partial charge on any atom is 0.119 e. The third kappa shape index (κ3) is 8.80. The molecule has 0 aliphatic heterocycles. The second kappa shape index (κ2) is 8.65. The highest BCUT2D eigenvalue weighted by atomic mass is 16.3. The van der Waals surface area contributed by atoms with Gasteiger partial charge in [-0.25, -0.2) is 0 Å². The van der Waals surface area contributed by atoms with Gasteiger partial charge < -0.3 is 5.11 Å². The van der Waals surface area contributed by atoms with Gasteiger partial charge in [-0.15, -0.1) is 5.92 Å². The predicted octanol–water partition coefficient (Wildman–Crippen LogP) is 4.15. The minimum atomic E-state index is -0.493. The number of unbranched alkanes of at least 4 members (excludes halogenated alkanes) is 6. The molecule has 16 heavy (non-hydrogen) atoms. The zero-order valence-corrected chi connectivity index (χ0v) is 11.5. The molecule has 0 rings (SSSR count). The Balaban J connectivity index is 3.48. The molecular weight excluding hydrogens is 196 g/mol. The van der Waals surface area contributed by atoms with Gasteiger partial charge >= 0.3 is 0 Å². The molecule has 0 aliphatic carbocycles. The molecular formula is C15H28O. The summed E-state index contributed by atoms with van der Waals surface area (Å²) in [6.45, 7) is 8.27. The summed E-state index contributed by atoms with van der Waals surface area (Å²) in [7, 11) is 0. The van der Waals surface area contributed by atoms with Gasteiger partial charge in [-0.05, 0) is 11.8 Å². The van der Waals surface area contributed by atoms with E-state index in [1.165, 1.54) is 38.5 Å². The molecule has 1 N–H and O–H groups in total. The minimum Gasteiger partial charge on any atom is -0.380 e. The highest BCUT2D eigenvalue weighted by Crippen LogP contribution is 2.18. The van der Waals surface area contributed by atoms with Crippen LogP contribution < -0.4 is 0 Å². The molecule has 1 heteroatoms. The molecule has 0 aromatic carbocycles. The van der Waals surface area contributed by atoms with Gasteiger partial charge in [0.15, 0.2) is 0 Å². The number of hydrogen-bond acceptors (Lipinski definition) is 1. The Morgan fingerprint density at radius 3 is 2.12 bits per heavy atom. The molecule has 0 spiro atoms. The average Bonchev–Trinajstić information content (AvgIpc) is 2.20. The lowest BCUT2D eigenvalue weighted by Gasteiger charge is -2.20. The third-order valence-electron chi connectivity index (χ3n) is 2.71. The maximum absolute atomic E-state index is 9.68. The molecule has 94 valence electrons. The van der Waals surface area contributed by atoms with Gasteiger partial charge in [-0.1, -0.05) is 65.7 Å². The van der Waals surface area contributed by atoms with E-state index in [2.05, 4.69) is 18.8 Å². The summed E-state index contributed by atoms with van der Waals surface area (Å²) in [6.07, 6.45) is 8.23. The molecule has 0 heterocycles. The average molecular weight is 224 g/mol. The van der Waals surface area contributed by atoms with E-state index in [1.54, 1.807) is 0 Å². The van der Waals surface area contributed by atoms with Gasteiger partial charge in [0, 0.05) is 6.42 Å². The molecule has 1 nitrogen and oxygen atoms in total. The molecule has 1 unspecified atom stereocenters. The predicted molar refractivity (Wildman–Crippen MR) is 71.2 cm³/mol. The summed E-state index contributed by atoms with van der Waals surface area (Å²) in [6, 6.07) is 0. The molecule has 0 amide bonds. The molecule has 0 saturated carbocycles. The highest BCUT2D eigenvalue weighted by Gasteiger charge is 2.19. The van der Waals surface area contributed by atoms with Crippen molar-refractivity contribution in [3.63, 3.8) is 0 Å². The number of aliphatic hydroxyl groups excluding tert-OH is 1. The van der Waals surface area contributed by atoms with Crippen molar-refractivity contribution in [3.05, 3.63) is 0 Å². The van der Waals surface area contributed by atoms with E-state index < -0.39 is 6.10 Å². The first-order valence-electron chi connectivity index (χ1n) is 6.65. The van der Waals surface area contributed by atoms with E-state index in [0.29, 0.717) is 0 Å². The van der Waals surface area contributed by atoms with Gasteiger partial charge in [0.1, 0.15) is 6.10 Å². The normalized spacial score (nSPS) is 13.1. The number of rotatable bonds is 6. The van der Waals surface area contributed by atoms with Crippen molar-refractivity contribution < 1.29 is 5.11 Å². The highest BCUT2D eigenvalue weighted by molar-refractivity contribution is 5.07. The Hall–Kier alpha value is -0.480. The fourth-order valence-corrected chi connectivity index (χ4v) is 1.38. The Kier molecular flexibility index (Phi) is 8.39. The van der Waals surface area contributed by atoms with Crippen molar-refractivity contribution in [3.8, 4) is 11.8 Å². The van der Waals surface area contributed by atoms with Crippen LogP contribution in [-0.4, -0.2) is 11.2 Å². The standard InChI is InChI=1S/C15H28O/c1-5-6-7-8-9-10-11-12-13-14(16)15(2,3)4/h14,16H,5-11H2,1-4H3. The second-order valence-corrected chi connectivity index (χ2v) is 5.61. The summed E-state index contributed by atoms with van der Waals surface area (Å²) in [4.78, 5) is 0. The molecule has 0 bridgehead atoms. The lowest BCUT2D eigenvalue weighted by Crippen LogP contribution is -2.23. The fraction of sp³-hybridized carbons (Fsp3) is 0.867. The third-order valence-corrected chi connectivity index (χ3v) is 2.71. The van der Waals surface area contributed by atoms with Crippen LogP contribution in [0.5, 0.6) is 0 Å². The fourth-order valence-electron chi connectivity index (χ4n) is 1.38. The first-order chi connectivity index (χ1) is 7.48. The van der Waals surface area contributed by atoms with E-state index in [0.717, 1.165) is 6.42 Å². The van der Waals surface area contributed by atoms with E-state index in [1.807, 2.05) is 20.8 Å². The summed E-state index contributed by atoms with van der Waals surface area (Å²) in [5.74, 6) is 6.01. The number of aliphatic hydroxyl groups is 1. The first-order valence-corrected chi connectivity index (χ1v) is 6.65. The largest absolute Gasteiger partial charge is 0.380 e. The molecule has 0 aromatic rings. The molecule has 0 aliphatic rings. The molecule has 0 fully saturated rings. The van der Waals surface area contributed by atoms with Crippen molar-refractivity contribution in [1.29, 1.82) is 0 Å². The minimum absolute atomic E-state index is 0.117.